The van der Waals surface area contributed by atoms with Gasteiger partial charge >= 0.3 is 17.7 Å². The van der Waals surface area contributed by atoms with Crippen LogP contribution in [0, 0.1) is 5.21 Å². The second-order valence-corrected chi connectivity index (χ2v) is 5.41. The highest BCUT2D eigenvalue weighted by atomic mass is 16.9. The number of esters is 2. The van der Waals surface area contributed by atoms with Gasteiger partial charge in [0, 0.05) is 17.1 Å². The average molecular weight is 346 g/mol. The maximum atomic E-state index is 12.3. The summed E-state index contributed by atoms with van der Waals surface area (Å²) in [5.74, 6) is -2.45. The predicted molar refractivity (Wildman–Crippen MR) is 87.8 cm³/mol. The Morgan fingerprint density at radius 3 is 2.68 bits per heavy atom. The van der Waals surface area contributed by atoms with E-state index in [9.17, 15) is 14.8 Å². The van der Waals surface area contributed by atoms with Crippen LogP contribution in [0.3, 0.4) is 0 Å². The van der Waals surface area contributed by atoms with Gasteiger partial charge in [-0.1, -0.05) is 18.2 Å². The second kappa shape index (κ2) is 6.84. The Labute approximate surface area is 143 Å². The number of ether oxygens (including phenoxy) is 2. The number of carbonyl (C=O) groups is 2. The van der Waals surface area contributed by atoms with Crippen LogP contribution >= 0.6 is 0 Å². The minimum atomic E-state index is -1.25. The molecule has 1 aromatic carbocycles. The number of aromatic amines is 1. The second-order valence-electron chi connectivity index (χ2n) is 5.41. The molecule has 0 bridgehead atoms. The van der Waals surface area contributed by atoms with Crippen LogP contribution in [-0.4, -0.2) is 46.9 Å². The van der Waals surface area contributed by atoms with Crippen LogP contribution in [0.25, 0.3) is 10.9 Å². The van der Waals surface area contributed by atoms with E-state index in [1.54, 1.807) is 20.0 Å². The van der Waals surface area contributed by atoms with Crippen molar-refractivity contribution in [1.29, 1.82) is 0 Å². The first kappa shape index (κ1) is 16.8. The van der Waals surface area contributed by atoms with E-state index in [-0.39, 0.29) is 23.8 Å². The van der Waals surface area contributed by atoms with Crippen molar-refractivity contribution in [1.82, 2.24) is 4.98 Å². The lowest BCUT2D eigenvalue weighted by molar-refractivity contribution is -0.736. The van der Waals surface area contributed by atoms with E-state index in [2.05, 4.69) is 4.98 Å². The molecule has 1 aliphatic heterocycles. The molecule has 0 fully saturated rings. The molecular weight excluding hydrogens is 328 g/mol. The molecule has 8 heteroatoms. The summed E-state index contributed by atoms with van der Waals surface area (Å²) in [6.07, 6.45) is 0.402. The van der Waals surface area contributed by atoms with E-state index in [0.29, 0.717) is 5.56 Å². The van der Waals surface area contributed by atoms with Gasteiger partial charge in [-0.15, -0.1) is 0 Å². The largest absolute Gasteiger partial charge is 0.465 e. The molecule has 2 heterocycles. The number of benzene rings is 1. The fourth-order valence-corrected chi connectivity index (χ4v) is 2.95. The van der Waals surface area contributed by atoms with Crippen LogP contribution in [-0.2, 0) is 23.9 Å². The first-order chi connectivity index (χ1) is 12.1. The summed E-state index contributed by atoms with van der Waals surface area (Å²) in [5, 5.41) is 13.0. The van der Waals surface area contributed by atoms with Gasteiger partial charge in [0.1, 0.15) is 5.92 Å². The molecule has 8 nitrogen and oxygen atoms in total. The standard InChI is InChI=1S/C17H18N2O6/c1-3-23-16(20)14-13(15(25-19(14)22)17(21)24-4-2)11-9-18-12-8-6-5-7-10(11)12/h5-9,13,15,18H,3-4H2,1-2H3/t13-,15-/m1/s1. The van der Waals surface area contributed by atoms with E-state index < -0.39 is 24.0 Å². The smallest absolute Gasteiger partial charge is 0.405 e. The molecule has 0 spiro atoms. The lowest BCUT2D eigenvalue weighted by atomic mass is 9.89. The van der Waals surface area contributed by atoms with E-state index in [1.165, 1.54) is 0 Å². The molecule has 0 unspecified atom stereocenters. The van der Waals surface area contributed by atoms with Crippen LogP contribution in [0.4, 0.5) is 0 Å². The summed E-state index contributed by atoms with van der Waals surface area (Å²) in [6.45, 7) is 3.51. The van der Waals surface area contributed by atoms with Crippen LogP contribution in [0.2, 0.25) is 0 Å². The molecule has 0 radical (unpaired) electrons. The number of carbonyl (C=O) groups excluding carboxylic acids is 2. The van der Waals surface area contributed by atoms with Crippen LogP contribution in [0.1, 0.15) is 25.3 Å². The highest BCUT2D eigenvalue weighted by molar-refractivity contribution is 6.37. The summed E-state index contributed by atoms with van der Waals surface area (Å²) < 4.78 is 9.96. The summed E-state index contributed by atoms with van der Waals surface area (Å²) in [7, 11) is 0. The van der Waals surface area contributed by atoms with Crippen molar-refractivity contribution in [3.8, 4) is 0 Å². The van der Waals surface area contributed by atoms with Gasteiger partial charge in [0.15, 0.2) is 6.10 Å². The van der Waals surface area contributed by atoms with Gasteiger partial charge in [-0.2, -0.15) is 0 Å². The minimum Gasteiger partial charge on any atom is -0.465 e. The highest BCUT2D eigenvalue weighted by Crippen LogP contribution is 2.34. The molecule has 0 saturated carbocycles. The fourth-order valence-electron chi connectivity index (χ4n) is 2.95. The Kier molecular flexibility index (Phi) is 4.60. The zero-order valence-electron chi connectivity index (χ0n) is 13.9. The van der Waals surface area contributed by atoms with Gasteiger partial charge in [-0.05, 0) is 25.5 Å². The topological polar surface area (TPSA) is 104 Å². The highest BCUT2D eigenvalue weighted by Gasteiger charge is 2.51. The average Bonchev–Trinajstić information content (AvgIpc) is 3.16. The Morgan fingerprint density at radius 1 is 1.24 bits per heavy atom. The normalized spacial score (nSPS) is 19.8. The third-order valence-electron chi connectivity index (χ3n) is 3.96. The summed E-state index contributed by atoms with van der Waals surface area (Å²) in [5.41, 5.74) is 1.13. The number of fused-ring (bicyclic) bond motifs is 1. The quantitative estimate of drug-likeness (QED) is 0.652. The first-order valence-corrected chi connectivity index (χ1v) is 7.99. The molecule has 25 heavy (non-hydrogen) atoms. The van der Waals surface area contributed by atoms with Crippen molar-refractivity contribution in [3.05, 3.63) is 41.2 Å². The number of nitrogens with zero attached hydrogens (tertiary/aromatic N) is 1. The van der Waals surface area contributed by atoms with Crippen molar-refractivity contribution in [2.24, 2.45) is 0 Å². The molecule has 2 aromatic rings. The van der Waals surface area contributed by atoms with Gasteiger partial charge in [0.05, 0.1) is 18.1 Å². The molecule has 1 N–H and O–H groups in total. The first-order valence-electron chi connectivity index (χ1n) is 7.99. The Morgan fingerprint density at radius 2 is 1.96 bits per heavy atom. The maximum absolute atomic E-state index is 12.3. The third kappa shape index (κ3) is 2.90. The van der Waals surface area contributed by atoms with Crippen molar-refractivity contribution in [2.45, 2.75) is 25.9 Å². The predicted octanol–water partition coefficient (Wildman–Crippen LogP) is 1.64. The van der Waals surface area contributed by atoms with E-state index in [1.807, 2.05) is 24.3 Å². The van der Waals surface area contributed by atoms with E-state index >= 15 is 0 Å². The SMILES string of the molecule is CCOC(=O)C1=[N+]([O-])O[C@@H](C(=O)OCC)[C@@H]1c1c[nH]c2ccccc12. The summed E-state index contributed by atoms with van der Waals surface area (Å²) in [4.78, 5) is 32.8. The molecule has 2 atom stereocenters. The third-order valence-corrected chi connectivity index (χ3v) is 3.96. The number of nitrogens with one attached hydrogen (secondary N) is 1. The molecular formula is C17H18N2O6. The lowest BCUT2D eigenvalue weighted by Crippen LogP contribution is -2.34. The molecule has 1 aromatic heterocycles. The number of aromatic nitrogens is 1. The number of rotatable bonds is 5. The fraction of sp³-hybridized carbons (Fsp3) is 0.353. The van der Waals surface area contributed by atoms with Gasteiger partial charge in [-0.3, -0.25) is 10.0 Å². The zero-order chi connectivity index (χ0) is 18.0. The molecule has 0 amide bonds. The number of H-pyrrole nitrogens is 1. The minimum absolute atomic E-state index is 0.0615. The van der Waals surface area contributed by atoms with Crippen molar-refractivity contribution >= 4 is 28.6 Å². The van der Waals surface area contributed by atoms with Crippen molar-refractivity contribution in [3.63, 3.8) is 0 Å². The van der Waals surface area contributed by atoms with Crippen molar-refractivity contribution < 1.29 is 28.8 Å². The maximum Gasteiger partial charge on any atom is 0.405 e. The molecule has 3 rings (SSSR count). The monoisotopic (exact) mass is 346 g/mol. The number of para-hydroxylation sites is 1. The van der Waals surface area contributed by atoms with Gasteiger partial charge in [-0.25, -0.2) is 4.79 Å². The van der Waals surface area contributed by atoms with Gasteiger partial charge in [0.2, 0.25) is 0 Å². The molecule has 132 valence electrons. The van der Waals surface area contributed by atoms with Crippen LogP contribution in [0.5, 0.6) is 0 Å². The summed E-state index contributed by atoms with van der Waals surface area (Å²) in [6, 6.07) is 7.37. The summed E-state index contributed by atoms with van der Waals surface area (Å²) >= 11 is 0. The van der Waals surface area contributed by atoms with E-state index in [0.717, 1.165) is 10.9 Å². The van der Waals surface area contributed by atoms with E-state index in [4.69, 9.17) is 14.3 Å². The molecule has 0 aliphatic carbocycles. The van der Waals surface area contributed by atoms with Crippen LogP contribution < -0.4 is 0 Å². The van der Waals surface area contributed by atoms with Crippen LogP contribution in [0.15, 0.2) is 30.5 Å². The number of hydrogen-bond acceptors (Lipinski definition) is 6. The zero-order valence-corrected chi connectivity index (χ0v) is 13.9. The Balaban J connectivity index is 2.10. The lowest BCUT2D eigenvalue weighted by Gasteiger charge is -2.16. The Bertz CT molecular complexity index is 841. The number of hydrogen-bond donors (Lipinski definition) is 1. The van der Waals surface area contributed by atoms with Crippen molar-refractivity contribution in [2.75, 3.05) is 13.2 Å². The van der Waals surface area contributed by atoms with Gasteiger partial charge < -0.3 is 19.3 Å². The van der Waals surface area contributed by atoms with Gasteiger partial charge in [0.25, 0.3) is 0 Å². The Hall–Kier alpha value is -3.03. The molecule has 0 saturated heterocycles. The molecule has 1 aliphatic rings.